The minimum atomic E-state index is -0.292. The van der Waals surface area contributed by atoms with E-state index in [1.54, 1.807) is 12.4 Å². The summed E-state index contributed by atoms with van der Waals surface area (Å²) < 4.78 is 0. The van der Waals surface area contributed by atoms with Crippen LogP contribution >= 0.6 is 0 Å². The minimum Gasteiger partial charge on any atom is -0.383 e. The molecule has 0 saturated carbocycles. The molecular formula is C26H30N4O2. The van der Waals surface area contributed by atoms with Gasteiger partial charge in [0.15, 0.2) is 5.78 Å². The number of nitrogens with two attached hydrogens (primary N) is 1. The number of ketones is 1. The third-order valence-electron chi connectivity index (χ3n) is 4.66. The van der Waals surface area contributed by atoms with Crippen LogP contribution in [0.4, 0.5) is 0 Å². The van der Waals surface area contributed by atoms with Crippen molar-refractivity contribution in [3.8, 4) is 22.3 Å². The molecule has 6 nitrogen and oxygen atoms in total. The molecule has 3 rings (SSSR count). The van der Waals surface area contributed by atoms with Crippen molar-refractivity contribution < 1.29 is 9.59 Å². The smallest absolute Gasteiger partial charge is 0.217 e. The molecule has 3 aromatic rings. The minimum absolute atomic E-state index is 0.0171. The van der Waals surface area contributed by atoms with Crippen molar-refractivity contribution in [2.45, 2.75) is 33.1 Å². The summed E-state index contributed by atoms with van der Waals surface area (Å²) in [6, 6.07) is 14.1. The van der Waals surface area contributed by atoms with Gasteiger partial charge in [-0.25, -0.2) is 0 Å². The summed E-state index contributed by atoms with van der Waals surface area (Å²) in [5.74, 6) is -0.275. The van der Waals surface area contributed by atoms with Crippen LogP contribution in [0.25, 0.3) is 22.3 Å². The SMILES string of the molecule is C=C(NCCC)C(C)=O.NC(=O)CCc1cc(-c2cccnc2)cc(-c2cccnc2)c1. The molecule has 0 fully saturated rings. The number of carbonyl (C=O) groups excluding carboxylic acids is 2. The molecule has 0 bridgehead atoms. The van der Waals surface area contributed by atoms with Gasteiger partial charge in [-0.05, 0) is 47.7 Å². The van der Waals surface area contributed by atoms with Crippen LogP contribution in [0, 0.1) is 0 Å². The van der Waals surface area contributed by atoms with Crippen LogP contribution in [0.1, 0.15) is 32.3 Å². The van der Waals surface area contributed by atoms with E-state index in [1.807, 2.05) is 43.6 Å². The summed E-state index contributed by atoms with van der Waals surface area (Å²) in [7, 11) is 0. The van der Waals surface area contributed by atoms with Gasteiger partial charge >= 0.3 is 0 Å². The lowest BCUT2D eigenvalue weighted by molar-refractivity contribution is -0.118. The third kappa shape index (κ3) is 8.14. The Morgan fingerprint density at radius 1 is 0.969 bits per heavy atom. The Hall–Kier alpha value is -3.80. The second kappa shape index (κ2) is 12.8. The van der Waals surface area contributed by atoms with Gasteiger partial charge in [-0.1, -0.05) is 37.8 Å². The summed E-state index contributed by atoms with van der Waals surface area (Å²) in [4.78, 5) is 29.9. The molecule has 0 aliphatic rings. The number of Topliss-reactive ketones (excluding diaryl/α,β-unsaturated/α-hetero) is 1. The van der Waals surface area contributed by atoms with Crippen molar-refractivity contribution in [1.29, 1.82) is 0 Å². The standard InChI is InChI=1S/C19H17N3O.C7H13NO/c20-19(23)6-5-14-9-17(15-3-1-7-21-12-15)11-18(10-14)16-4-2-8-22-13-16;1-4-5-8-6(2)7(3)9/h1-4,7-13H,5-6H2,(H2,20,23);8H,2,4-5H2,1,3H3. The lowest BCUT2D eigenvalue weighted by atomic mass is 9.96. The number of carbonyl (C=O) groups is 2. The molecule has 0 spiro atoms. The van der Waals surface area contributed by atoms with Crippen molar-refractivity contribution >= 4 is 11.7 Å². The topological polar surface area (TPSA) is 98.0 Å². The number of amides is 1. The molecule has 1 aromatic carbocycles. The molecule has 166 valence electrons. The Balaban J connectivity index is 0.000000344. The molecule has 0 saturated heterocycles. The van der Waals surface area contributed by atoms with Crippen molar-refractivity contribution in [1.82, 2.24) is 15.3 Å². The van der Waals surface area contributed by atoms with Gasteiger partial charge < -0.3 is 11.1 Å². The number of nitrogens with zero attached hydrogens (tertiary/aromatic N) is 2. The van der Waals surface area contributed by atoms with Crippen LogP contribution in [0.3, 0.4) is 0 Å². The lowest BCUT2D eigenvalue weighted by Gasteiger charge is -2.10. The number of hydrogen-bond acceptors (Lipinski definition) is 5. The molecular weight excluding hydrogens is 400 g/mol. The number of rotatable bonds is 9. The van der Waals surface area contributed by atoms with Gasteiger partial charge in [0.2, 0.25) is 5.91 Å². The van der Waals surface area contributed by atoms with Crippen molar-refractivity contribution in [2.24, 2.45) is 5.73 Å². The first-order valence-corrected chi connectivity index (χ1v) is 10.6. The Morgan fingerprint density at radius 2 is 1.53 bits per heavy atom. The van der Waals surface area contributed by atoms with Crippen LogP contribution in [0.15, 0.2) is 79.5 Å². The summed E-state index contributed by atoms with van der Waals surface area (Å²) in [5, 5.41) is 2.89. The second-order valence-corrected chi connectivity index (χ2v) is 7.33. The average molecular weight is 431 g/mol. The lowest BCUT2D eigenvalue weighted by Crippen LogP contribution is -2.17. The number of aromatic nitrogens is 2. The van der Waals surface area contributed by atoms with E-state index in [2.05, 4.69) is 40.1 Å². The highest BCUT2D eigenvalue weighted by atomic mass is 16.1. The molecule has 0 aliphatic carbocycles. The predicted octanol–water partition coefficient (Wildman–Crippen LogP) is 4.32. The number of primary amides is 1. The third-order valence-corrected chi connectivity index (χ3v) is 4.66. The van der Waals surface area contributed by atoms with Gasteiger partial charge in [-0.2, -0.15) is 0 Å². The van der Waals surface area contributed by atoms with Crippen molar-refractivity contribution in [2.75, 3.05) is 6.54 Å². The van der Waals surface area contributed by atoms with E-state index in [0.717, 1.165) is 40.8 Å². The highest BCUT2D eigenvalue weighted by Crippen LogP contribution is 2.28. The van der Waals surface area contributed by atoms with E-state index in [1.165, 1.54) is 6.92 Å². The Morgan fingerprint density at radius 3 is 1.94 bits per heavy atom. The molecule has 0 unspecified atom stereocenters. The summed E-state index contributed by atoms with van der Waals surface area (Å²) in [6.07, 6.45) is 9.15. The molecule has 32 heavy (non-hydrogen) atoms. The zero-order chi connectivity index (χ0) is 23.3. The highest BCUT2D eigenvalue weighted by molar-refractivity contribution is 5.91. The first kappa shape index (κ1) is 24.5. The Bertz CT molecular complexity index is 976. The number of hydrogen-bond donors (Lipinski definition) is 2. The van der Waals surface area contributed by atoms with Crippen LogP contribution in [-0.2, 0) is 16.0 Å². The molecule has 1 amide bonds. The van der Waals surface area contributed by atoms with E-state index >= 15 is 0 Å². The number of allylic oxidation sites excluding steroid dienone is 1. The zero-order valence-electron chi connectivity index (χ0n) is 18.7. The highest BCUT2D eigenvalue weighted by Gasteiger charge is 2.07. The van der Waals surface area contributed by atoms with Crippen molar-refractivity contribution in [3.63, 3.8) is 0 Å². The molecule has 0 aliphatic heterocycles. The normalized spacial score (nSPS) is 9.94. The Kier molecular flexibility index (Phi) is 9.78. The first-order chi connectivity index (χ1) is 15.4. The van der Waals surface area contributed by atoms with E-state index in [9.17, 15) is 9.59 Å². The van der Waals surface area contributed by atoms with Gasteiger partial charge in [-0.3, -0.25) is 19.6 Å². The molecule has 0 atom stereocenters. The molecule has 2 heterocycles. The van der Waals surface area contributed by atoms with Gasteiger partial charge in [0.1, 0.15) is 0 Å². The monoisotopic (exact) mass is 430 g/mol. The molecule has 3 N–H and O–H groups in total. The molecule has 6 heteroatoms. The van der Waals surface area contributed by atoms with Crippen LogP contribution < -0.4 is 11.1 Å². The van der Waals surface area contributed by atoms with Gasteiger partial charge in [-0.15, -0.1) is 0 Å². The first-order valence-electron chi connectivity index (χ1n) is 10.6. The maximum absolute atomic E-state index is 11.1. The fraction of sp³-hybridized carbons (Fsp3) is 0.231. The van der Waals surface area contributed by atoms with E-state index < -0.39 is 0 Å². The summed E-state index contributed by atoms with van der Waals surface area (Å²) >= 11 is 0. The van der Waals surface area contributed by atoms with Gasteiger partial charge in [0.05, 0.1) is 5.70 Å². The summed E-state index contributed by atoms with van der Waals surface area (Å²) in [5.41, 5.74) is 11.1. The maximum atomic E-state index is 11.1. The second-order valence-electron chi connectivity index (χ2n) is 7.33. The maximum Gasteiger partial charge on any atom is 0.217 e. The average Bonchev–Trinajstić information content (AvgIpc) is 2.82. The van der Waals surface area contributed by atoms with E-state index in [-0.39, 0.29) is 11.7 Å². The fourth-order valence-corrected chi connectivity index (χ4v) is 2.90. The van der Waals surface area contributed by atoms with Crippen LogP contribution in [0.5, 0.6) is 0 Å². The number of pyridine rings is 2. The van der Waals surface area contributed by atoms with E-state index in [4.69, 9.17) is 5.73 Å². The van der Waals surface area contributed by atoms with Gasteiger partial charge in [0, 0.05) is 55.8 Å². The van der Waals surface area contributed by atoms with Crippen LogP contribution in [-0.4, -0.2) is 28.2 Å². The number of nitrogens with one attached hydrogen (secondary N) is 1. The van der Waals surface area contributed by atoms with Gasteiger partial charge in [0.25, 0.3) is 0 Å². The largest absolute Gasteiger partial charge is 0.383 e. The fourth-order valence-electron chi connectivity index (χ4n) is 2.90. The predicted molar refractivity (Wildman–Crippen MR) is 129 cm³/mol. The Labute approximate surface area is 189 Å². The molecule has 2 aromatic heterocycles. The number of benzene rings is 1. The van der Waals surface area contributed by atoms with E-state index in [0.29, 0.717) is 18.5 Å². The quantitative estimate of drug-likeness (QED) is 0.493. The summed E-state index contributed by atoms with van der Waals surface area (Å²) in [6.45, 7) is 7.91. The van der Waals surface area contributed by atoms with Crippen LogP contribution in [0.2, 0.25) is 0 Å². The van der Waals surface area contributed by atoms with Crippen molar-refractivity contribution in [3.05, 3.63) is 85.1 Å². The zero-order valence-corrected chi connectivity index (χ0v) is 18.7. The molecule has 0 radical (unpaired) electrons. The number of aryl methyl sites for hydroxylation is 1.